The largest absolute Gasteiger partial charge is 0.668 e. The highest BCUT2D eigenvalue weighted by atomic mass is 27.2. The molecule has 0 aliphatic heterocycles. The minimum absolute atomic E-state index is 0.0856. The van der Waals surface area contributed by atoms with Crippen molar-refractivity contribution < 1.29 is 21.9 Å². The predicted octanol–water partition coefficient (Wildman–Crippen LogP) is 5.80. The van der Waals surface area contributed by atoms with E-state index in [0.29, 0.717) is 18.8 Å². The van der Waals surface area contributed by atoms with Crippen LogP contribution < -0.4 is 0 Å². The van der Waals surface area contributed by atoms with E-state index in [0.717, 1.165) is 12.8 Å². The van der Waals surface area contributed by atoms with Gasteiger partial charge < -0.3 is 12.3 Å². The predicted molar refractivity (Wildman–Crippen MR) is 116 cm³/mol. The quantitative estimate of drug-likeness (QED) is 0.130. The molecule has 0 N–H and O–H groups in total. The lowest BCUT2D eigenvalue weighted by molar-refractivity contribution is -0.145. The van der Waals surface area contributed by atoms with E-state index in [4.69, 9.17) is 12.3 Å². The number of hydrogen-bond donors (Lipinski definition) is 0. The number of esters is 1. The third kappa shape index (κ3) is 30.3. The molecule has 0 aromatic rings. The topological polar surface area (TPSA) is 61.8 Å². The van der Waals surface area contributed by atoms with Crippen LogP contribution in [0, 0.1) is 0 Å². The Labute approximate surface area is 180 Å². The molecular weight excluding hydrogens is 371 g/mol. The summed E-state index contributed by atoms with van der Waals surface area (Å²) in [6, 6.07) is 0. The van der Waals surface area contributed by atoms with E-state index in [1.165, 1.54) is 58.3 Å². The Morgan fingerprint density at radius 1 is 0.750 bits per heavy atom. The summed E-state index contributed by atoms with van der Waals surface area (Å²) >= 11 is -0.245. The normalized spacial score (nSPS) is 10.6. The summed E-state index contributed by atoms with van der Waals surface area (Å²) in [5.41, 5.74) is 0. The minimum atomic E-state index is -0.386. The van der Waals surface area contributed by atoms with E-state index in [9.17, 15) is 9.59 Å². The molecule has 0 aliphatic rings. The van der Waals surface area contributed by atoms with Crippen LogP contribution in [0.25, 0.3) is 0 Å². The molecule has 0 amide bonds. The summed E-state index contributed by atoms with van der Waals surface area (Å²) in [6.45, 7) is 12.1. The second kappa shape index (κ2) is 22.9. The van der Waals surface area contributed by atoms with Crippen molar-refractivity contribution in [2.75, 3.05) is 6.61 Å². The summed E-state index contributed by atoms with van der Waals surface area (Å²) < 4.78 is 15.4. The second-order valence-corrected chi connectivity index (χ2v) is 8.48. The number of unbranched alkanes of at least 4 members (excludes halogenated alkanes) is 9. The smallest absolute Gasteiger partial charge is 0.482 e. The van der Waals surface area contributed by atoms with Crippen LogP contribution in [-0.2, 0) is 21.9 Å². The Bertz CT molecular complexity index is 351. The number of Topliss-reactive ketones (excluding diaryl/α,β-unsaturated/α-hetero) is 1. The number of hydrogen-bond acceptors (Lipinski definition) is 5. The van der Waals surface area contributed by atoms with E-state index in [2.05, 4.69) is 6.92 Å². The van der Waals surface area contributed by atoms with Crippen molar-refractivity contribution in [2.45, 2.75) is 124 Å². The van der Waals surface area contributed by atoms with Crippen LogP contribution in [0.2, 0.25) is 0 Å². The average molecular weight is 416 g/mol. The van der Waals surface area contributed by atoms with Gasteiger partial charge in [0.1, 0.15) is 12.2 Å². The first-order valence-corrected chi connectivity index (χ1v) is 12.0. The van der Waals surface area contributed by atoms with Gasteiger partial charge in [-0.15, -0.1) is 0 Å². The molecule has 0 bridgehead atoms. The first kappa shape index (κ1) is 29.8. The zero-order valence-electron chi connectivity index (χ0n) is 19.3. The molecule has 0 saturated heterocycles. The Morgan fingerprint density at radius 2 is 1.18 bits per heavy atom. The molecule has 0 rings (SSSR count). The Kier molecular flexibility index (Phi) is 24.3. The van der Waals surface area contributed by atoms with E-state index < -0.39 is 0 Å². The molecule has 0 heterocycles. The van der Waals surface area contributed by atoms with Crippen molar-refractivity contribution in [1.82, 2.24) is 0 Å². The van der Waals surface area contributed by atoms with Gasteiger partial charge in [0, 0.05) is 12.2 Å². The zero-order chi connectivity index (χ0) is 21.6. The molecule has 0 aromatic heterocycles. The molecule has 0 saturated carbocycles. The van der Waals surface area contributed by atoms with Crippen LogP contribution in [0.5, 0.6) is 0 Å². The Morgan fingerprint density at radius 3 is 1.57 bits per heavy atom. The lowest BCUT2D eigenvalue weighted by atomic mass is 10.1. The number of rotatable bonds is 17. The van der Waals surface area contributed by atoms with Crippen molar-refractivity contribution in [1.29, 1.82) is 0 Å². The van der Waals surface area contributed by atoms with Crippen LogP contribution in [-0.4, -0.2) is 46.5 Å². The number of ketones is 1. The highest BCUT2D eigenvalue weighted by Crippen LogP contribution is 2.10. The summed E-state index contributed by atoms with van der Waals surface area (Å²) in [5, 5.41) is 0. The van der Waals surface area contributed by atoms with Crippen molar-refractivity contribution in [3.05, 3.63) is 0 Å². The summed E-state index contributed by atoms with van der Waals surface area (Å²) in [4.78, 5) is 21.7. The van der Waals surface area contributed by atoms with Gasteiger partial charge in [0.2, 0.25) is 0 Å². The van der Waals surface area contributed by atoms with Crippen LogP contribution in [0.1, 0.15) is 112 Å². The molecule has 0 fully saturated rings. The lowest BCUT2D eigenvalue weighted by Gasteiger charge is -2.09. The van der Waals surface area contributed by atoms with Gasteiger partial charge in [0.15, 0.2) is 0 Å². The maximum absolute atomic E-state index is 11.1. The van der Waals surface area contributed by atoms with Crippen molar-refractivity contribution >= 4 is 27.6 Å². The van der Waals surface area contributed by atoms with Gasteiger partial charge >= 0.3 is 21.9 Å². The Hall–Kier alpha value is -0.408. The maximum atomic E-state index is 11.1. The molecule has 1 radical (unpaired) electrons. The van der Waals surface area contributed by atoms with Crippen LogP contribution in [0.4, 0.5) is 0 Å². The Balaban J connectivity index is 0. The van der Waals surface area contributed by atoms with Gasteiger partial charge in [0.05, 0.1) is 6.61 Å². The number of ether oxygens (including phenoxy) is 1. The highest BCUT2D eigenvalue weighted by Gasteiger charge is 2.05. The average Bonchev–Trinajstić information content (AvgIpc) is 2.59. The molecule has 0 aromatic carbocycles. The molecular formula is C22H44AlO5. The fourth-order valence-electron chi connectivity index (χ4n) is 2.28. The van der Waals surface area contributed by atoms with Gasteiger partial charge in [-0.05, 0) is 41.0 Å². The molecule has 5 nitrogen and oxygen atoms in total. The first-order valence-electron chi connectivity index (χ1n) is 11.1. The van der Waals surface area contributed by atoms with Gasteiger partial charge in [-0.1, -0.05) is 64.7 Å². The van der Waals surface area contributed by atoms with E-state index in [-0.39, 0.29) is 34.1 Å². The van der Waals surface area contributed by atoms with Crippen LogP contribution >= 0.6 is 0 Å². The molecule has 0 spiro atoms. The number of carbonyl (C=O) groups excluding carboxylic acids is 2. The standard InChI is InChI=1S/C16H30O3.2C3H7O.Al/c1-3-4-5-6-7-8-9-10-11-12-13-19-16(18)14-15(2)17;2*1-3(2)4;/h3-14H2,1-2H3;2*3H,1-2H3;/q;2*-1;+2. The van der Waals surface area contributed by atoms with Gasteiger partial charge in [-0.3, -0.25) is 9.59 Å². The molecule has 165 valence electrons. The SMILES string of the molecule is CC(C)[O][Al][O]C(C)C.CCCCCCCCCCCCOC(=O)CC(C)=O. The first-order chi connectivity index (χ1) is 13.3. The van der Waals surface area contributed by atoms with Gasteiger partial charge in [0.25, 0.3) is 0 Å². The minimum Gasteiger partial charge on any atom is -0.482 e. The highest BCUT2D eigenvalue weighted by molar-refractivity contribution is 6.18. The van der Waals surface area contributed by atoms with Gasteiger partial charge in [-0.2, -0.15) is 0 Å². The third-order valence-corrected chi connectivity index (χ3v) is 5.12. The fraction of sp³-hybridized carbons (Fsp3) is 0.909. The molecule has 0 unspecified atom stereocenters. The monoisotopic (exact) mass is 415 g/mol. The van der Waals surface area contributed by atoms with Crippen molar-refractivity contribution in [3.8, 4) is 0 Å². The van der Waals surface area contributed by atoms with E-state index >= 15 is 0 Å². The lowest BCUT2D eigenvalue weighted by Crippen LogP contribution is -2.14. The molecule has 0 aliphatic carbocycles. The van der Waals surface area contributed by atoms with Crippen LogP contribution in [0.3, 0.4) is 0 Å². The number of carbonyl (C=O) groups is 2. The van der Waals surface area contributed by atoms with E-state index in [1.54, 1.807) is 0 Å². The zero-order valence-corrected chi connectivity index (χ0v) is 20.4. The summed E-state index contributed by atoms with van der Waals surface area (Å²) in [6.07, 6.45) is 13.2. The molecule has 6 heteroatoms. The van der Waals surface area contributed by atoms with Crippen molar-refractivity contribution in [3.63, 3.8) is 0 Å². The summed E-state index contributed by atoms with van der Waals surface area (Å²) in [5.74, 6) is -0.517. The molecule has 0 atom stereocenters. The third-order valence-electron chi connectivity index (χ3n) is 3.81. The summed E-state index contributed by atoms with van der Waals surface area (Å²) in [7, 11) is 0. The van der Waals surface area contributed by atoms with Crippen LogP contribution in [0.15, 0.2) is 0 Å². The molecule has 28 heavy (non-hydrogen) atoms. The van der Waals surface area contributed by atoms with Gasteiger partial charge in [-0.25, -0.2) is 0 Å². The maximum Gasteiger partial charge on any atom is 0.668 e. The second-order valence-electron chi connectivity index (χ2n) is 7.75. The van der Waals surface area contributed by atoms with Crippen molar-refractivity contribution in [2.24, 2.45) is 0 Å². The fourth-order valence-corrected chi connectivity index (χ4v) is 2.79. The van der Waals surface area contributed by atoms with E-state index in [1.807, 2.05) is 27.7 Å².